The van der Waals surface area contributed by atoms with Crippen LogP contribution in [0.3, 0.4) is 0 Å². The summed E-state index contributed by atoms with van der Waals surface area (Å²) in [6, 6.07) is 5.42. The third kappa shape index (κ3) is 6.81. The number of amides is 1. The van der Waals surface area contributed by atoms with E-state index in [1.807, 2.05) is 6.92 Å². The minimum Gasteiger partial charge on any atom is -0.481 e. The maximum Gasteiger partial charge on any atom is 0.308 e. The lowest BCUT2D eigenvalue weighted by atomic mass is 10.0. The number of hydrogen-bond donors (Lipinski definition) is 3. The monoisotopic (exact) mass is 372 g/mol. The standard InChI is InChI=1S/C16H24N2O6S/c1-3-4-13(16(20)21)11-17-15(19)12-5-7-14(8-6-12)25(22,23)18-9-10-24-2/h5-8,13,18H,3-4,9-11H2,1-2H3,(H,17,19)(H,20,21). The SMILES string of the molecule is CCCC(CNC(=O)c1ccc(S(=O)(=O)NCCOC)cc1)C(=O)O. The molecule has 0 saturated heterocycles. The maximum atomic E-state index is 12.1. The molecule has 1 aromatic rings. The molecule has 1 aromatic carbocycles. The molecule has 25 heavy (non-hydrogen) atoms. The number of aliphatic carboxylic acids is 1. The zero-order valence-corrected chi connectivity index (χ0v) is 15.1. The number of rotatable bonds is 11. The Morgan fingerprint density at radius 1 is 1.24 bits per heavy atom. The molecule has 0 saturated carbocycles. The third-order valence-electron chi connectivity index (χ3n) is 3.52. The van der Waals surface area contributed by atoms with E-state index in [0.29, 0.717) is 12.8 Å². The van der Waals surface area contributed by atoms with Gasteiger partial charge in [-0.15, -0.1) is 0 Å². The molecule has 0 aliphatic carbocycles. The van der Waals surface area contributed by atoms with Crippen molar-refractivity contribution in [3.63, 3.8) is 0 Å². The lowest BCUT2D eigenvalue weighted by Crippen LogP contribution is -2.33. The van der Waals surface area contributed by atoms with Crippen LogP contribution in [0, 0.1) is 5.92 Å². The second-order valence-electron chi connectivity index (χ2n) is 5.45. The van der Waals surface area contributed by atoms with Crippen molar-refractivity contribution in [2.24, 2.45) is 5.92 Å². The van der Waals surface area contributed by atoms with Crippen molar-refractivity contribution in [3.8, 4) is 0 Å². The Hall–Kier alpha value is -1.97. The Morgan fingerprint density at radius 3 is 2.40 bits per heavy atom. The molecule has 0 radical (unpaired) electrons. The highest BCUT2D eigenvalue weighted by molar-refractivity contribution is 7.89. The zero-order valence-electron chi connectivity index (χ0n) is 14.3. The lowest BCUT2D eigenvalue weighted by molar-refractivity contribution is -0.141. The highest BCUT2D eigenvalue weighted by Crippen LogP contribution is 2.11. The second kappa shape index (κ2) is 10.1. The van der Waals surface area contributed by atoms with Crippen molar-refractivity contribution < 1.29 is 27.9 Å². The molecule has 8 nitrogen and oxygen atoms in total. The van der Waals surface area contributed by atoms with E-state index in [-0.39, 0.29) is 30.2 Å². The van der Waals surface area contributed by atoms with E-state index < -0.39 is 27.8 Å². The summed E-state index contributed by atoms with van der Waals surface area (Å²) >= 11 is 0. The van der Waals surface area contributed by atoms with Crippen LogP contribution in [0.5, 0.6) is 0 Å². The first kappa shape index (κ1) is 21.1. The average molecular weight is 372 g/mol. The molecule has 0 aromatic heterocycles. The molecule has 0 spiro atoms. The van der Waals surface area contributed by atoms with Crippen LogP contribution < -0.4 is 10.0 Å². The summed E-state index contributed by atoms with van der Waals surface area (Å²) in [5, 5.41) is 11.6. The molecule has 9 heteroatoms. The number of carbonyl (C=O) groups excluding carboxylic acids is 1. The Kier molecular flexibility index (Phi) is 8.53. The average Bonchev–Trinajstić information content (AvgIpc) is 2.58. The van der Waals surface area contributed by atoms with Gasteiger partial charge in [-0.25, -0.2) is 13.1 Å². The van der Waals surface area contributed by atoms with E-state index in [4.69, 9.17) is 9.84 Å². The number of carboxylic acid groups (broad SMARTS) is 1. The summed E-state index contributed by atoms with van der Waals surface area (Å²) in [5.74, 6) is -2.04. The number of nitrogens with one attached hydrogen (secondary N) is 2. The predicted molar refractivity (Wildman–Crippen MR) is 91.9 cm³/mol. The van der Waals surface area contributed by atoms with Crippen molar-refractivity contribution in [1.29, 1.82) is 0 Å². The molecular weight excluding hydrogens is 348 g/mol. The van der Waals surface area contributed by atoms with E-state index in [9.17, 15) is 18.0 Å². The highest BCUT2D eigenvalue weighted by atomic mass is 32.2. The highest BCUT2D eigenvalue weighted by Gasteiger charge is 2.18. The predicted octanol–water partition coefficient (Wildman–Crippen LogP) is 0.842. The van der Waals surface area contributed by atoms with Crippen molar-refractivity contribution in [2.75, 3.05) is 26.8 Å². The summed E-state index contributed by atoms with van der Waals surface area (Å²) in [7, 11) is -2.19. The number of carboxylic acids is 1. The fraction of sp³-hybridized carbons (Fsp3) is 0.500. The zero-order chi connectivity index (χ0) is 18.9. The Bertz CT molecular complexity index is 672. The van der Waals surface area contributed by atoms with E-state index in [2.05, 4.69) is 10.0 Å². The van der Waals surface area contributed by atoms with Crippen LogP contribution >= 0.6 is 0 Å². The maximum absolute atomic E-state index is 12.1. The molecule has 0 heterocycles. The molecule has 3 N–H and O–H groups in total. The first-order valence-corrected chi connectivity index (χ1v) is 9.39. The van der Waals surface area contributed by atoms with Crippen LogP contribution in [0.15, 0.2) is 29.2 Å². The summed E-state index contributed by atoms with van der Waals surface area (Å²) in [6.07, 6.45) is 1.18. The molecule has 0 aliphatic heterocycles. The minimum absolute atomic E-state index is 0.0284. The van der Waals surface area contributed by atoms with Gasteiger partial charge in [-0.1, -0.05) is 13.3 Å². The summed E-state index contributed by atoms with van der Waals surface area (Å²) in [6.45, 7) is 2.30. The third-order valence-corrected chi connectivity index (χ3v) is 5.00. The topological polar surface area (TPSA) is 122 Å². The van der Waals surface area contributed by atoms with Gasteiger partial charge in [-0.2, -0.15) is 0 Å². The molecule has 0 fully saturated rings. The fourth-order valence-corrected chi connectivity index (χ4v) is 3.14. The van der Waals surface area contributed by atoms with Gasteiger partial charge < -0.3 is 15.2 Å². The van der Waals surface area contributed by atoms with Crippen molar-refractivity contribution in [2.45, 2.75) is 24.7 Å². The number of hydrogen-bond acceptors (Lipinski definition) is 5. The van der Waals surface area contributed by atoms with E-state index in [1.165, 1.54) is 31.4 Å². The van der Waals surface area contributed by atoms with Gasteiger partial charge in [0.2, 0.25) is 10.0 Å². The van der Waals surface area contributed by atoms with Crippen LogP contribution in [0.25, 0.3) is 0 Å². The van der Waals surface area contributed by atoms with Crippen molar-refractivity contribution >= 4 is 21.9 Å². The number of carbonyl (C=O) groups is 2. The van der Waals surface area contributed by atoms with Gasteiger partial charge in [0.25, 0.3) is 5.91 Å². The number of methoxy groups -OCH3 is 1. The van der Waals surface area contributed by atoms with Crippen LogP contribution in [0.1, 0.15) is 30.1 Å². The lowest BCUT2D eigenvalue weighted by Gasteiger charge is -2.12. The summed E-state index contributed by atoms with van der Waals surface area (Å²) < 4.78 is 31.2. The number of ether oxygens (including phenoxy) is 1. The van der Waals surface area contributed by atoms with Gasteiger partial charge in [0.05, 0.1) is 17.4 Å². The smallest absolute Gasteiger partial charge is 0.308 e. The molecule has 1 atom stereocenters. The Balaban J connectivity index is 2.69. The van der Waals surface area contributed by atoms with Crippen molar-refractivity contribution in [1.82, 2.24) is 10.0 Å². The molecule has 0 bridgehead atoms. The normalized spacial score (nSPS) is 12.6. The summed E-state index contributed by atoms with van der Waals surface area (Å²) in [4.78, 5) is 23.2. The quantitative estimate of drug-likeness (QED) is 0.495. The van der Waals surface area contributed by atoms with Gasteiger partial charge in [0.15, 0.2) is 0 Å². The van der Waals surface area contributed by atoms with E-state index in [1.54, 1.807) is 0 Å². The molecule has 1 rings (SSSR count). The van der Waals surface area contributed by atoms with Crippen molar-refractivity contribution in [3.05, 3.63) is 29.8 Å². The van der Waals surface area contributed by atoms with Gasteiger partial charge in [0, 0.05) is 25.8 Å². The fourth-order valence-electron chi connectivity index (χ4n) is 2.13. The van der Waals surface area contributed by atoms with E-state index in [0.717, 1.165) is 0 Å². The van der Waals surface area contributed by atoms with E-state index >= 15 is 0 Å². The van der Waals surface area contributed by atoms with Gasteiger partial charge in [0.1, 0.15) is 0 Å². The first-order chi connectivity index (χ1) is 11.8. The summed E-state index contributed by atoms with van der Waals surface area (Å²) in [5.41, 5.74) is 0.261. The van der Waals surface area contributed by atoms with Gasteiger partial charge >= 0.3 is 5.97 Å². The second-order valence-corrected chi connectivity index (χ2v) is 7.22. The van der Waals surface area contributed by atoms with Crippen LogP contribution in [0.2, 0.25) is 0 Å². The number of sulfonamides is 1. The molecular formula is C16H24N2O6S. The van der Waals surface area contributed by atoms with Gasteiger partial charge in [-0.05, 0) is 30.7 Å². The van der Waals surface area contributed by atoms with Crippen LogP contribution in [-0.2, 0) is 19.6 Å². The van der Waals surface area contributed by atoms with Crippen LogP contribution in [0.4, 0.5) is 0 Å². The molecule has 1 amide bonds. The molecule has 140 valence electrons. The minimum atomic E-state index is -3.66. The van der Waals surface area contributed by atoms with Crippen LogP contribution in [-0.4, -0.2) is 52.2 Å². The Morgan fingerprint density at radius 2 is 1.88 bits per heavy atom. The molecule has 0 aliphatic rings. The first-order valence-electron chi connectivity index (χ1n) is 7.91. The Labute approximate surface area is 147 Å². The largest absolute Gasteiger partial charge is 0.481 e. The van der Waals surface area contributed by atoms with Gasteiger partial charge in [-0.3, -0.25) is 9.59 Å². The number of benzene rings is 1. The molecule has 1 unspecified atom stereocenters.